The number of nitrogens with zero attached hydrogens (tertiary/aromatic N) is 1. The van der Waals surface area contributed by atoms with Gasteiger partial charge in [-0.1, -0.05) is 13.8 Å². The van der Waals surface area contributed by atoms with E-state index in [0.717, 1.165) is 38.6 Å². The van der Waals surface area contributed by atoms with Gasteiger partial charge in [-0.05, 0) is 39.2 Å². The van der Waals surface area contributed by atoms with E-state index in [-0.39, 0.29) is 42.1 Å². The highest BCUT2D eigenvalue weighted by atomic mass is 16.7. The first kappa shape index (κ1) is 19.4. The Morgan fingerprint density at radius 3 is 2.90 bits per heavy atom. The number of ether oxygens (including phenoxy) is 4. The van der Waals surface area contributed by atoms with Crippen molar-refractivity contribution < 1.29 is 28.8 Å². The van der Waals surface area contributed by atoms with Crippen molar-refractivity contribution in [2.24, 2.45) is 11.8 Å². The molecule has 0 aliphatic carbocycles. The Balaban J connectivity index is 1.55. The molecule has 0 aromatic rings. The van der Waals surface area contributed by atoms with Crippen LogP contribution in [0.15, 0.2) is 22.9 Å². The Labute approximate surface area is 171 Å². The summed E-state index contributed by atoms with van der Waals surface area (Å²) in [6.45, 7) is 6.85. The van der Waals surface area contributed by atoms with Gasteiger partial charge >= 0.3 is 5.97 Å². The number of aliphatic hydroxyl groups excluding tert-OH is 1. The van der Waals surface area contributed by atoms with E-state index in [1.54, 1.807) is 14.0 Å². The molecule has 5 rings (SSSR count). The molecule has 4 fully saturated rings. The minimum atomic E-state index is -0.681. The van der Waals surface area contributed by atoms with E-state index in [1.807, 2.05) is 6.92 Å². The second-order valence-corrected chi connectivity index (χ2v) is 9.08. The van der Waals surface area contributed by atoms with Crippen LogP contribution in [-0.4, -0.2) is 59.7 Å². The fourth-order valence-electron chi connectivity index (χ4n) is 6.40. The van der Waals surface area contributed by atoms with Crippen molar-refractivity contribution in [2.45, 2.75) is 83.0 Å². The highest BCUT2D eigenvalue weighted by Gasteiger charge is 2.68. The molecule has 0 aromatic carbocycles. The van der Waals surface area contributed by atoms with Crippen LogP contribution in [0.4, 0.5) is 0 Å². The molecule has 0 radical (unpaired) electrons. The van der Waals surface area contributed by atoms with E-state index in [1.165, 1.54) is 0 Å². The summed E-state index contributed by atoms with van der Waals surface area (Å²) in [6, 6.07) is 0.377. The normalized spacial score (nSPS) is 45.0. The highest BCUT2D eigenvalue weighted by molar-refractivity contribution is 5.93. The van der Waals surface area contributed by atoms with Crippen LogP contribution in [0.25, 0.3) is 0 Å². The first-order chi connectivity index (χ1) is 13.9. The summed E-state index contributed by atoms with van der Waals surface area (Å²) in [7, 11) is 1.55. The first-order valence-corrected chi connectivity index (χ1v) is 10.9. The van der Waals surface area contributed by atoms with Crippen LogP contribution in [0.5, 0.6) is 0 Å². The van der Waals surface area contributed by atoms with Gasteiger partial charge in [0.15, 0.2) is 5.76 Å². The number of esters is 1. The number of aliphatic hydroxyl groups is 1. The molecule has 1 N–H and O–H groups in total. The van der Waals surface area contributed by atoms with Crippen molar-refractivity contribution in [1.82, 2.24) is 4.90 Å². The van der Waals surface area contributed by atoms with Crippen LogP contribution in [0.2, 0.25) is 0 Å². The van der Waals surface area contributed by atoms with Crippen molar-refractivity contribution in [2.75, 3.05) is 13.7 Å². The van der Waals surface area contributed by atoms with Gasteiger partial charge in [-0.25, -0.2) is 4.79 Å². The van der Waals surface area contributed by atoms with E-state index in [9.17, 15) is 9.90 Å². The molecule has 0 saturated carbocycles. The second kappa shape index (κ2) is 6.72. The lowest BCUT2D eigenvalue weighted by Gasteiger charge is -2.46. The first-order valence-electron chi connectivity index (χ1n) is 10.9. The van der Waals surface area contributed by atoms with Crippen LogP contribution >= 0.6 is 0 Å². The summed E-state index contributed by atoms with van der Waals surface area (Å²) in [4.78, 5) is 14.6. The molecule has 7 atom stereocenters. The Bertz CT molecular complexity index is 790. The topological polar surface area (TPSA) is 77.5 Å². The number of rotatable bonds is 3. The fraction of sp³-hybridized carbons (Fsp3) is 0.773. The van der Waals surface area contributed by atoms with Gasteiger partial charge in [-0.15, -0.1) is 0 Å². The maximum atomic E-state index is 12.1. The van der Waals surface area contributed by atoms with Gasteiger partial charge < -0.3 is 24.1 Å². The molecule has 7 nitrogen and oxygen atoms in total. The second-order valence-electron chi connectivity index (χ2n) is 9.08. The average molecular weight is 405 g/mol. The van der Waals surface area contributed by atoms with Crippen LogP contribution in [0.3, 0.4) is 0 Å². The number of carbonyl (C=O) groups is 1. The number of hydrogen-bond donors (Lipinski definition) is 1. The van der Waals surface area contributed by atoms with Crippen LogP contribution in [0.1, 0.15) is 52.9 Å². The summed E-state index contributed by atoms with van der Waals surface area (Å²) < 4.78 is 24.2. The van der Waals surface area contributed by atoms with Crippen LogP contribution in [-0.2, 0) is 23.7 Å². The number of carbonyl (C=O) groups excluding carboxylic acids is 1. The number of hydrogen-bond acceptors (Lipinski definition) is 7. The Hall–Kier alpha value is -1.57. The third kappa shape index (κ3) is 2.56. The highest BCUT2D eigenvalue weighted by Crippen LogP contribution is 2.59. The Kier molecular flexibility index (Phi) is 4.50. The van der Waals surface area contributed by atoms with Crippen molar-refractivity contribution in [1.29, 1.82) is 0 Å². The standard InChI is InChI=1S/C22H31NO6/c1-5-14(24)13-7-8-15-17-16-11(2)19(20-18(26-4)12(3)21(25)27-20)29-22(16,28-15)9-6-10-23(13)17/h11,13-17,24H,5-10H2,1-4H3/b20-19-/t11-,13-,14-,15-,16+,17-,22+/m0/s1. The molecule has 0 amide bonds. The quantitative estimate of drug-likeness (QED) is 0.723. The molecule has 5 aliphatic heterocycles. The average Bonchev–Trinajstić information content (AvgIpc) is 3.23. The van der Waals surface area contributed by atoms with Gasteiger partial charge in [-0.2, -0.15) is 0 Å². The van der Waals surface area contributed by atoms with E-state index in [0.29, 0.717) is 22.9 Å². The maximum Gasteiger partial charge on any atom is 0.343 e. The Morgan fingerprint density at radius 1 is 1.38 bits per heavy atom. The van der Waals surface area contributed by atoms with E-state index < -0.39 is 5.79 Å². The molecule has 4 saturated heterocycles. The summed E-state index contributed by atoms with van der Waals surface area (Å²) in [5, 5.41) is 10.7. The lowest BCUT2D eigenvalue weighted by atomic mass is 9.77. The molecular weight excluding hydrogens is 374 g/mol. The van der Waals surface area contributed by atoms with Crippen molar-refractivity contribution in [3.63, 3.8) is 0 Å². The maximum absolute atomic E-state index is 12.1. The van der Waals surface area contributed by atoms with E-state index >= 15 is 0 Å². The number of allylic oxidation sites excluding steroid dienone is 1. The predicted molar refractivity (Wildman–Crippen MR) is 103 cm³/mol. The SMILES string of the molecule is CC[C@H](O)[C@@H]1CC[C@@H]2O[C@@]34CCCN1[C@@H]2[C@H]3[C@H](C)/C(=C1/OC(=O)C(C)=C1OC)O4. The minimum Gasteiger partial charge on any atom is -0.492 e. The van der Waals surface area contributed by atoms with Crippen molar-refractivity contribution >= 4 is 5.97 Å². The molecule has 29 heavy (non-hydrogen) atoms. The summed E-state index contributed by atoms with van der Waals surface area (Å²) in [6.07, 6.45) is 4.22. The molecule has 5 heterocycles. The van der Waals surface area contributed by atoms with Gasteiger partial charge in [0.25, 0.3) is 0 Å². The summed E-state index contributed by atoms with van der Waals surface area (Å²) >= 11 is 0. The number of methoxy groups -OCH3 is 1. The zero-order valence-electron chi connectivity index (χ0n) is 17.6. The monoisotopic (exact) mass is 405 g/mol. The Morgan fingerprint density at radius 2 is 2.17 bits per heavy atom. The molecule has 5 aliphatic rings. The number of cyclic esters (lactones) is 1. The largest absolute Gasteiger partial charge is 0.492 e. The lowest BCUT2D eigenvalue weighted by molar-refractivity contribution is -0.213. The molecule has 2 bridgehead atoms. The van der Waals surface area contributed by atoms with Crippen LogP contribution in [0, 0.1) is 11.8 Å². The molecule has 0 aromatic heterocycles. The molecule has 7 heteroatoms. The zero-order valence-corrected chi connectivity index (χ0v) is 17.6. The third-order valence-electron chi connectivity index (χ3n) is 7.68. The van der Waals surface area contributed by atoms with Gasteiger partial charge in [0.05, 0.1) is 30.8 Å². The van der Waals surface area contributed by atoms with Gasteiger partial charge in [0, 0.05) is 24.4 Å². The zero-order chi connectivity index (χ0) is 20.5. The molecule has 0 unspecified atom stereocenters. The number of piperidine rings is 1. The van der Waals surface area contributed by atoms with Crippen molar-refractivity contribution in [3.05, 3.63) is 22.9 Å². The smallest absolute Gasteiger partial charge is 0.343 e. The van der Waals surface area contributed by atoms with Gasteiger partial charge in [0.2, 0.25) is 11.5 Å². The van der Waals surface area contributed by atoms with Crippen LogP contribution < -0.4 is 0 Å². The molecular formula is C22H31NO6. The molecule has 0 spiro atoms. The van der Waals surface area contributed by atoms with Crippen molar-refractivity contribution in [3.8, 4) is 0 Å². The van der Waals surface area contributed by atoms with E-state index in [4.69, 9.17) is 18.9 Å². The summed E-state index contributed by atoms with van der Waals surface area (Å²) in [5.41, 5.74) is 0.466. The fourth-order valence-corrected chi connectivity index (χ4v) is 6.40. The lowest BCUT2D eigenvalue weighted by Crippen LogP contribution is -2.58. The minimum absolute atomic E-state index is 0.0296. The summed E-state index contributed by atoms with van der Waals surface area (Å²) in [5.74, 6) is 0.631. The third-order valence-corrected chi connectivity index (χ3v) is 7.68. The molecule has 160 valence electrons. The van der Waals surface area contributed by atoms with Gasteiger partial charge in [-0.3, -0.25) is 4.90 Å². The van der Waals surface area contributed by atoms with Gasteiger partial charge in [0.1, 0.15) is 5.76 Å². The predicted octanol–water partition coefficient (Wildman–Crippen LogP) is 2.45. The van der Waals surface area contributed by atoms with E-state index in [2.05, 4.69) is 11.8 Å².